The van der Waals surface area contributed by atoms with E-state index < -0.39 is 12.1 Å². The van der Waals surface area contributed by atoms with Gasteiger partial charge < -0.3 is 44.9 Å². The number of carboxylic acids is 1. The van der Waals surface area contributed by atoms with E-state index in [0.29, 0.717) is 26.1 Å². The molecule has 0 radical (unpaired) electrons. The van der Waals surface area contributed by atoms with Crippen molar-refractivity contribution < 1.29 is 44.2 Å². The lowest BCUT2D eigenvalue weighted by Crippen LogP contribution is -2.30. The first-order chi connectivity index (χ1) is 29.7. The molecular weight excluding hydrogens is 870 g/mol. The summed E-state index contributed by atoms with van der Waals surface area (Å²) in [6, 6.07) is 24.8. The zero-order valence-corrected chi connectivity index (χ0v) is 38.0. The summed E-state index contributed by atoms with van der Waals surface area (Å²) in [4.78, 5) is 25.9. The number of rotatable bonds is 13. The molecule has 3 fully saturated rings. The van der Waals surface area contributed by atoms with Crippen molar-refractivity contribution in [2.75, 3.05) is 72.2 Å². The van der Waals surface area contributed by atoms with Crippen LogP contribution < -0.4 is 5.32 Å². The summed E-state index contributed by atoms with van der Waals surface area (Å²) in [5.41, 5.74) is 3.65. The van der Waals surface area contributed by atoms with Crippen LogP contribution in [0.2, 0.25) is 0 Å². The summed E-state index contributed by atoms with van der Waals surface area (Å²) in [6.45, 7) is 7.52. The van der Waals surface area contributed by atoms with Crippen LogP contribution in [-0.2, 0) is 38.5 Å². The van der Waals surface area contributed by atoms with Gasteiger partial charge in [0.05, 0.1) is 38.1 Å². The third-order valence-electron chi connectivity index (χ3n) is 10.5. The van der Waals surface area contributed by atoms with Gasteiger partial charge in [-0.25, -0.2) is 9.59 Å². The molecule has 16 heteroatoms. The van der Waals surface area contributed by atoms with E-state index in [-0.39, 0.29) is 43.9 Å². The average Bonchev–Trinajstić information content (AvgIpc) is 4.15. The lowest BCUT2D eigenvalue weighted by atomic mass is 10.1. The maximum Gasteiger partial charge on any atom is 0.410 e. The van der Waals surface area contributed by atoms with Crippen molar-refractivity contribution in [3.8, 4) is 0 Å². The van der Waals surface area contributed by atoms with E-state index in [9.17, 15) is 19.8 Å². The molecule has 1 amide bonds. The number of hydrogen-bond acceptors (Lipinski definition) is 13. The zero-order chi connectivity index (χ0) is 42.8. The molecule has 12 nitrogen and oxygen atoms in total. The van der Waals surface area contributed by atoms with Crippen molar-refractivity contribution in [1.29, 1.82) is 0 Å². The number of amides is 1. The van der Waals surface area contributed by atoms with Crippen LogP contribution in [0.5, 0.6) is 0 Å². The number of carbonyl (C=O) groups excluding carboxylic acids is 1. The molecule has 336 valence electrons. The predicted molar refractivity (Wildman–Crippen MR) is 252 cm³/mol. The molecular formula is C46H58ClN3O9S3. The Balaban J connectivity index is 0.000000164. The second-order valence-corrected chi connectivity index (χ2v) is 17.9. The van der Waals surface area contributed by atoms with Gasteiger partial charge in [0, 0.05) is 58.9 Å². The third-order valence-corrected chi connectivity index (χ3v) is 13.6. The summed E-state index contributed by atoms with van der Waals surface area (Å²) in [5, 5.41) is 49.1. The number of carboxylic acid groups (broad SMARTS) is 1. The Morgan fingerprint density at radius 2 is 1.19 bits per heavy atom. The van der Waals surface area contributed by atoms with Gasteiger partial charge in [-0.15, -0.1) is 46.4 Å². The highest BCUT2D eigenvalue weighted by molar-refractivity contribution is 7.18. The number of nitrogens with zero attached hydrogens (tertiary/aromatic N) is 2. The Hall–Kier alpha value is -3.71. The van der Waals surface area contributed by atoms with Gasteiger partial charge in [0.2, 0.25) is 0 Å². The van der Waals surface area contributed by atoms with Crippen LogP contribution in [0.3, 0.4) is 0 Å². The molecule has 3 aromatic carbocycles. The van der Waals surface area contributed by atoms with E-state index in [4.69, 9.17) is 24.4 Å². The number of ether oxygens (including phenoxy) is 3. The zero-order valence-electron chi connectivity index (χ0n) is 34.8. The number of aliphatic hydroxyl groups is 3. The molecule has 0 spiro atoms. The minimum absolute atomic E-state index is 0. The number of aliphatic hydroxyl groups excluding tert-OH is 3. The number of fused-ring (bicyclic) bond motifs is 3. The largest absolute Gasteiger partial charge is 0.480 e. The number of hydrogen-bond donors (Lipinski definition) is 5. The van der Waals surface area contributed by atoms with Gasteiger partial charge >= 0.3 is 12.1 Å². The fourth-order valence-electron chi connectivity index (χ4n) is 7.21. The summed E-state index contributed by atoms with van der Waals surface area (Å²) < 4.78 is 19.9. The molecule has 0 bridgehead atoms. The maximum absolute atomic E-state index is 11.8. The number of benzene rings is 3. The van der Waals surface area contributed by atoms with Gasteiger partial charge in [-0.3, -0.25) is 4.90 Å². The van der Waals surface area contributed by atoms with E-state index >= 15 is 0 Å². The lowest BCUT2D eigenvalue weighted by Gasteiger charge is -2.15. The van der Waals surface area contributed by atoms with Crippen molar-refractivity contribution in [3.63, 3.8) is 0 Å². The first-order valence-corrected chi connectivity index (χ1v) is 23.5. The number of β-amino-alcohol motifs (C(OH)–C–C–N with tert-alkyl or cyclic N) is 3. The summed E-state index contributed by atoms with van der Waals surface area (Å²) in [7, 11) is 0. The Morgan fingerprint density at radius 1 is 0.661 bits per heavy atom. The van der Waals surface area contributed by atoms with E-state index in [1.165, 1.54) is 36.0 Å². The van der Waals surface area contributed by atoms with Gasteiger partial charge in [-0.2, -0.15) is 0 Å². The summed E-state index contributed by atoms with van der Waals surface area (Å²) in [5.74, 6) is -0.921. The molecule has 0 unspecified atom stereocenters. The van der Waals surface area contributed by atoms with E-state index in [0.717, 1.165) is 82.6 Å². The SMILES string of the molecule is Cl.O=C(O)COCCc1csc2ccccc12.O=C(OCc1csc2ccccc12)N1CC[C@@H](O)C1.O[C@@H]1CCN(CCOCCc2csc3ccccc23)C1.O[C@@H]1CCNC1. The summed E-state index contributed by atoms with van der Waals surface area (Å²) >= 11 is 5.17. The van der Waals surface area contributed by atoms with Crippen LogP contribution in [0.4, 0.5) is 4.79 Å². The van der Waals surface area contributed by atoms with Crippen LogP contribution in [0.15, 0.2) is 88.9 Å². The lowest BCUT2D eigenvalue weighted by molar-refractivity contribution is -0.142. The molecule has 0 aliphatic carbocycles. The summed E-state index contributed by atoms with van der Waals surface area (Å²) in [6.07, 6.45) is 3.26. The molecule has 6 heterocycles. The predicted octanol–water partition coefficient (Wildman–Crippen LogP) is 7.44. The number of nitrogens with one attached hydrogen (secondary N) is 1. The van der Waals surface area contributed by atoms with Gasteiger partial charge in [-0.1, -0.05) is 54.6 Å². The standard InChI is InChI=1S/C16H21NO2S.C14H15NO3S.C12H12O3S.C4H9NO.ClH/c18-14-5-7-17(11-14)8-10-19-9-6-13-12-20-16-4-2-1-3-15(13)16;16-11-5-6-15(7-11)14(17)18-8-10-9-19-13-4-2-1-3-12(10)13;13-12(14)7-15-6-5-9-8-16-11-4-2-1-3-10(9)11;6-4-1-2-5-3-4;/h1-4,12,14,18H,5-11H2;1-4,9,11,16H,5-8H2;1-4,8H,5-7H2,(H,13,14);4-6H,1-3H2;1H/t14-;11-;;4-;/m11.1./s1. The highest BCUT2D eigenvalue weighted by Crippen LogP contribution is 2.28. The Morgan fingerprint density at radius 3 is 1.68 bits per heavy atom. The highest BCUT2D eigenvalue weighted by atomic mass is 35.5. The third kappa shape index (κ3) is 15.5. The fraction of sp³-hybridized carbons (Fsp3) is 0.435. The number of likely N-dealkylation sites (tertiary alicyclic amines) is 2. The number of aliphatic carboxylic acids is 1. The van der Waals surface area contributed by atoms with Crippen molar-refractivity contribution >= 4 is 88.7 Å². The number of thiophene rings is 3. The van der Waals surface area contributed by atoms with E-state index in [1.54, 1.807) is 38.9 Å². The minimum atomic E-state index is -0.921. The van der Waals surface area contributed by atoms with Crippen LogP contribution >= 0.6 is 46.4 Å². The molecule has 3 aliphatic heterocycles. The van der Waals surface area contributed by atoms with Gasteiger partial charge in [-0.05, 0) is 100 Å². The Kier molecular flexibility index (Phi) is 20.8. The molecule has 62 heavy (non-hydrogen) atoms. The van der Waals surface area contributed by atoms with Crippen LogP contribution in [0.25, 0.3) is 30.3 Å². The molecule has 6 aromatic rings. The van der Waals surface area contributed by atoms with Crippen molar-refractivity contribution in [3.05, 3.63) is 106 Å². The highest BCUT2D eigenvalue weighted by Gasteiger charge is 2.26. The quantitative estimate of drug-likeness (QED) is 0.0733. The molecule has 0 saturated carbocycles. The Bertz CT molecular complexity index is 2240. The number of carbonyl (C=O) groups is 2. The molecule has 9 rings (SSSR count). The smallest absolute Gasteiger partial charge is 0.410 e. The second-order valence-electron chi connectivity index (χ2n) is 15.2. The monoisotopic (exact) mass is 927 g/mol. The normalized spacial score (nSPS) is 18.4. The molecule has 3 saturated heterocycles. The van der Waals surface area contributed by atoms with Gasteiger partial charge in [0.1, 0.15) is 13.2 Å². The second kappa shape index (κ2) is 26.2. The van der Waals surface area contributed by atoms with E-state index in [2.05, 4.69) is 63.4 Å². The Labute approximate surface area is 381 Å². The molecule has 5 N–H and O–H groups in total. The van der Waals surface area contributed by atoms with Crippen LogP contribution in [0, 0.1) is 0 Å². The average molecular weight is 929 g/mol. The fourth-order valence-corrected chi connectivity index (χ4v) is 10.2. The first kappa shape index (κ1) is 49.3. The minimum Gasteiger partial charge on any atom is -0.480 e. The molecule has 3 aromatic heterocycles. The van der Waals surface area contributed by atoms with Crippen LogP contribution in [0.1, 0.15) is 36.0 Å². The molecule has 3 aliphatic rings. The van der Waals surface area contributed by atoms with Crippen molar-refractivity contribution in [2.24, 2.45) is 0 Å². The van der Waals surface area contributed by atoms with Gasteiger partial charge in [0.15, 0.2) is 0 Å². The van der Waals surface area contributed by atoms with Crippen LogP contribution in [-0.4, -0.2) is 133 Å². The first-order valence-electron chi connectivity index (χ1n) is 20.8. The van der Waals surface area contributed by atoms with Crippen molar-refractivity contribution in [1.82, 2.24) is 15.1 Å². The number of halogens is 1. The maximum atomic E-state index is 11.8. The van der Waals surface area contributed by atoms with E-state index in [1.807, 2.05) is 35.7 Å². The topological polar surface area (TPSA) is 161 Å². The van der Waals surface area contributed by atoms with Crippen molar-refractivity contribution in [2.45, 2.75) is 57.0 Å². The molecule has 3 atom stereocenters. The van der Waals surface area contributed by atoms with Gasteiger partial charge in [0.25, 0.3) is 0 Å².